The summed E-state index contributed by atoms with van der Waals surface area (Å²) in [6.45, 7) is 9.20. The van der Waals surface area contributed by atoms with Gasteiger partial charge in [-0.05, 0) is 50.1 Å². The minimum atomic E-state index is -0.610. The summed E-state index contributed by atoms with van der Waals surface area (Å²) < 4.78 is 5.74. The lowest BCUT2D eigenvalue weighted by molar-refractivity contribution is -0.126. The van der Waals surface area contributed by atoms with Gasteiger partial charge in [-0.25, -0.2) is 19.7 Å². The Hall–Kier alpha value is -2.59. The molecular weight excluding hydrogens is 474 g/mol. The fraction of sp³-hybridized carbons (Fsp3) is 0.417. The first-order valence-electron chi connectivity index (χ1n) is 11.3. The molecule has 1 N–H and O–H groups in total. The minimum absolute atomic E-state index is 0.162. The number of rotatable bonds is 5. The van der Waals surface area contributed by atoms with Crippen LogP contribution in [-0.2, 0) is 22.6 Å². The molecule has 2 aliphatic heterocycles. The standard InChI is InChI=1S/C24H26ClN5O3S/c1-13-4-16(25)5-18(19(13)10-29-8-14(2)26-7-15(29)3)22-23-20(27-12-28-22)6-17(34-23)9-30-21(31)11-33-24(30)32/h4-6,12,14-15,26H,7-11H2,1-3H3/t14-,15+/m1/s1. The molecule has 178 valence electrons. The van der Waals surface area contributed by atoms with Crippen LogP contribution in [0.4, 0.5) is 4.79 Å². The Bertz CT molecular complexity index is 1260. The molecule has 2 aliphatic rings. The van der Waals surface area contributed by atoms with Crippen molar-refractivity contribution in [2.24, 2.45) is 0 Å². The molecule has 0 spiro atoms. The highest BCUT2D eigenvalue weighted by atomic mass is 35.5. The second-order valence-corrected chi connectivity index (χ2v) is 10.6. The number of imide groups is 1. The number of aromatic nitrogens is 2. The van der Waals surface area contributed by atoms with Gasteiger partial charge in [0.15, 0.2) is 6.61 Å². The maximum Gasteiger partial charge on any atom is 0.417 e. The highest BCUT2D eigenvalue weighted by molar-refractivity contribution is 7.19. The summed E-state index contributed by atoms with van der Waals surface area (Å²) in [6.07, 6.45) is 0.944. The molecule has 0 radical (unpaired) electrons. The van der Waals surface area contributed by atoms with E-state index < -0.39 is 6.09 Å². The second-order valence-electron chi connectivity index (χ2n) is 9.02. The summed E-state index contributed by atoms with van der Waals surface area (Å²) in [5.74, 6) is -0.333. The summed E-state index contributed by atoms with van der Waals surface area (Å²) in [6, 6.07) is 6.72. The third-order valence-corrected chi connectivity index (χ3v) is 7.80. The Morgan fingerprint density at radius 3 is 2.79 bits per heavy atom. The Balaban J connectivity index is 1.55. The maximum absolute atomic E-state index is 12.0. The lowest BCUT2D eigenvalue weighted by atomic mass is 9.97. The van der Waals surface area contributed by atoms with Crippen LogP contribution in [0, 0.1) is 6.92 Å². The first-order valence-corrected chi connectivity index (χ1v) is 12.5. The van der Waals surface area contributed by atoms with Crippen LogP contribution in [0.1, 0.15) is 29.9 Å². The number of cyclic esters (lactones) is 1. The third kappa shape index (κ3) is 4.40. The van der Waals surface area contributed by atoms with Gasteiger partial charge in [-0.15, -0.1) is 11.3 Å². The Kier molecular flexibility index (Phi) is 6.28. The lowest BCUT2D eigenvalue weighted by Crippen LogP contribution is -2.53. The summed E-state index contributed by atoms with van der Waals surface area (Å²) in [5.41, 5.74) is 4.89. The predicted octanol–water partition coefficient (Wildman–Crippen LogP) is 3.98. The summed E-state index contributed by atoms with van der Waals surface area (Å²) in [7, 11) is 0. The number of piperazine rings is 1. The number of halogens is 1. The van der Waals surface area contributed by atoms with Crippen molar-refractivity contribution >= 4 is 45.2 Å². The average Bonchev–Trinajstić information content (AvgIpc) is 3.35. The van der Waals surface area contributed by atoms with Crippen molar-refractivity contribution in [2.45, 2.75) is 45.9 Å². The molecular formula is C24H26ClN5O3S. The molecule has 10 heteroatoms. The van der Waals surface area contributed by atoms with Gasteiger partial charge < -0.3 is 10.1 Å². The fourth-order valence-corrected chi connectivity index (χ4v) is 5.95. The quantitative estimate of drug-likeness (QED) is 0.568. The molecule has 0 bridgehead atoms. The first-order chi connectivity index (χ1) is 16.3. The zero-order valence-electron chi connectivity index (χ0n) is 19.3. The zero-order chi connectivity index (χ0) is 24.0. The monoisotopic (exact) mass is 499 g/mol. The van der Waals surface area contributed by atoms with E-state index in [9.17, 15) is 9.59 Å². The molecule has 0 aliphatic carbocycles. The van der Waals surface area contributed by atoms with Crippen molar-refractivity contribution in [3.63, 3.8) is 0 Å². The lowest BCUT2D eigenvalue weighted by Gasteiger charge is -2.38. The largest absolute Gasteiger partial charge is 0.439 e. The fourth-order valence-electron chi connectivity index (χ4n) is 4.58. The molecule has 0 unspecified atom stereocenters. The Morgan fingerprint density at radius 1 is 1.21 bits per heavy atom. The van der Waals surface area contributed by atoms with E-state index in [-0.39, 0.29) is 19.1 Å². The van der Waals surface area contributed by atoms with Gasteiger partial charge in [0.1, 0.15) is 6.33 Å². The highest BCUT2D eigenvalue weighted by Crippen LogP contribution is 2.37. The van der Waals surface area contributed by atoms with Crippen LogP contribution < -0.4 is 5.32 Å². The van der Waals surface area contributed by atoms with Gasteiger partial charge in [0.05, 0.1) is 22.5 Å². The third-order valence-electron chi connectivity index (χ3n) is 6.46. The normalized spacial score (nSPS) is 21.5. The van der Waals surface area contributed by atoms with E-state index in [0.717, 1.165) is 56.4 Å². The number of nitrogens with zero attached hydrogens (tertiary/aromatic N) is 4. The van der Waals surface area contributed by atoms with E-state index in [1.165, 1.54) is 16.9 Å². The molecule has 34 heavy (non-hydrogen) atoms. The molecule has 3 aromatic rings. The number of thiophene rings is 1. The summed E-state index contributed by atoms with van der Waals surface area (Å²) >= 11 is 7.99. The van der Waals surface area contributed by atoms with Crippen molar-refractivity contribution in [1.82, 2.24) is 25.1 Å². The molecule has 0 saturated carbocycles. The van der Waals surface area contributed by atoms with Gasteiger partial charge in [0, 0.05) is 47.2 Å². The first kappa shape index (κ1) is 23.2. The smallest absolute Gasteiger partial charge is 0.417 e. The van der Waals surface area contributed by atoms with Gasteiger partial charge in [0.25, 0.3) is 5.91 Å². The minimum Gasteiger partial charge on any atom is -0.439 e. The highest BCUT2D eigenvalue weighted by Gasteiger charge is 2.31. The molecule has 2 aromatic heterocycles. The van der Waals surface area contributed by atoms with E-state index in [2.05, 4.69) is 41.0 Å². The second kappa shape index (κ2) is 9.22. The predicted molar refractivity (Wildman–Crippen MR) is 132 cm³/mol. The van der Waals surface area contributed by atoms with Crippen LogP contribution in [-0.4, -0.2) is 63.5 Å². The topological polar surface area (TPSA) is 87.7 Å². The number of benzene rings is 1. The number of amides is 2. The Labute approximate surface area is 206 Å². The van der Waals surface area contributed by atoms with Crippen LogP contribution in [0.5, 0.6) is 0 Å². The van der Waals surface area contributed by atoms with Crippen molar-refractivity contribution in [3.05, 3.63) is 45.6 Å². The van der Waals surface area contributed by atoms with Crippen LogP contribution in [0.25, 0.3) is 21.5 Å². The zero-order valence-corrected chi connectivity index (χ0v) is 20.9. The van der Waals surface area contributed by atoms with Crippen LogP contribution in [0.2, 0.25) is 5.02 Å². The van der Waals surface area contributed by atoms with Gasteiger partial charge >= 0.3 is 6.09 Å². The number of nitrogens with one attached hydrogen (secondary N) is 1. The van der Waals surface area contributed by atoms with Crippen molar-refractivity contribution in [1.29, 1.82) is 0 Å². The summed E-state index contributed by atoms with van der Waals surface area (Å²) in [4.78, 5) is 37.4. The number of fused-ring (bicyclic) bond motifs is 1. The Morgan fingerprint density at radius 2 is 2.03 bits per heavy atom. The number of hydrogen-bond acceptors (Lipinski definition) is 8. The molecule has 1 aromatic carbocycles. The molecule has 5 rings (SSSR count). The van der Waals surface area contributed by atoms with Gasteiger partial charge in [0.2, 0.25) is 0 Å². The van der Waals surface area contributed by atoms with E-state index >= 15 is 0 Å². The van der Waals surface area contributed by atoms with Gasteiger partial charge in [-0.2, -0.15) is 0 Å². The molecule has 2 fully saturated rings. The molecule has 2 saturated heterocycles. The molecule has 8 nitrogen and oxygen atoms in total. The molecule has 2 atom stereocenters. The summed E-state index contributed by atoms with van der Waals surface area (Å²) in [5, 5.41) is 4.20. The van der Waals surface area contributed by atoms with E-state index in [1.807, 2.05) is 18.2 Å². The van der Waals surface area contributed by atoms with Crippen LogP contribution >= 0.6 is 22.9 Å². The van der Waals surface area contributed by atoms with E-state index in [1.54, 1.807) is 6.33 Å². The number of aryl methyl sites for hydroxylation is 1. The van der Waals surface area contributed by atoms with Crippen molar-refractivity contribution in [2.75, 3.05) is 19.7 Å². The molecule has 4 heterocycles. The van der Waals surface area contributed by atoms with Gasteiger partial charge in [-0.1, -0.05) is 11.6 Å². The number of hydrogen-bond donors (Lipinski definition) is 1. The SMILES string of the molecule is Cc1cc(Cl)cc(-c2ncnc3cc(CN4C(=O)COC4=O)sc23)c1CN1C[C@@H](C)NC[C@@H]1C. The van der Waals surface area contributed by atoms with Crippen molar-refractivity contribution in [3.8, 4) is 11.3 Å². The van der Waals surface area contributed by atoms with Crippen molar-refractivity contribution < 1.29 is 14.3 Å². The number of carbonyl (C=O) groups is 2. The van der Waals surface area contributed by atoms with E-state index in [4.69, 9.17) is 16.3 Å². The number of ether oxygens (including phenoxy) is 1. The number of carbonyl (C=O) groups excluding carboxylic acids is 2. The molecule has 2 amide bonds. The van der Waals surface area contributed by atoms with E-state index in [0.29, 0.717) is 17.1 Å². The van der Waals surface area contributed by atoms with Crippen LogP contribution in [0.3, 0.4) is 0 Å². The average molecular weight is 500 g/mol. The van der Waals surface area contributed by atoms with Crippen LogP contribution in [0.15, 0.2) is 24.5 Å². The maximum atomic E-state index is 12.0. The van der Waals surface area contributed by atoms with Gasteiger partial charge in [-0.3, -0.25) is 9.69 Å².